The lowest BCUT2D eigenvalue weighted by molar-refractivity contribution is -0.119. The highest BCUT2D eigenvalue weighted by Gasteiger charge is 2.50. The van der Waals surface area contributed by atoms with Crippen LogP contribution in [0.2, 0.25) is 0 Å². The number of amides is 1. The molecule has 1 saturated carbocycles. The van der Waals surface area contributed by atoms with Crippen molar-refractivity contribution in [1.29, 1.82) is 0 Å². The molecule has 2 heterocycles. The van der Waals surface area contributed by atoms with Gasteiger partial charge in [0.2, 0.25) is 5.91 Å². The Hall–Kier alpha value is -1.51. The Bertz CT molecular complexity index is 379. The Morgan fingerprint density at radius 2 is 1.86 bits per heavy atom. The molecule has 2 bridgehead atoms. The molecule has 0 aromatic heterocycles. The van der Waals surface area contributed by atoms with E-state index in [4.69, 9.17) is 5.73 Å². The maximum atomic E-state index is 11.7. The summed E-state index contributed by atoms with van der Waals surface area (Å²) in [5, 5.41) is 0. The topological polar surface area (TPSA) is 46.3 Å². The fourth-order valence-electron chi connectivity index (χ4n) is 2.35. The van der Waals surface area contributed by atoms with Crippen molar-refractivity contribution >= 4 is 17.3 Å². The predicted molar refractivity (Wildman–Crippen MR) is 54.9 cm³/mol. The number of fused-ring (bicyclic) bond motifs is 1. The lowest BCUT2D eigenvalue weighted by atomic mass is 9.86. The number of carbonyl (C=O) groups is 1. The molecule has 0 atom stereocenters. The second kappa shape index (κ2) is 2.50. The number of hydrogen-bond acceptors (Lipinski definition) is 2. The number of benzene rings is 1. The zero-order valence-electron chi connectivity index (χ0n) is 7.81. The molecule has 1 amide bonds. The number of rotatable bonds is 1. The van der Waals surface area contributed by atoms with Gasteiger partial charge < -0.3 is 10.6 Å². The van der Waals surface area contributed by atoms with Crippen LogP contribution in [0, 0.1) is 5.92 Å². The van der Waals surface area contributed by atoms with Crippen LogP contribution in [-0.2, 0) is 4.79 Å². The monoisotopic (exact) mass is 188 g/mol. The molecule has 3 heteroatoms. The number of hydrogen-bond donors (Lipinski definition) is 1. The number of nitrogens with two attached hydrogens (primary N) is 1. The van der Waals surface area contributed by atoms with Crippen molar-refractivity contribution in [2.75, 3.05) is 10.6 Å². The standard InChI is InChI=1S/C11H12N2O/c12-8-1-3-9(4-2-8)13-10-5-7(6-10)11(13)14/h1-4,7,10H,5-6,12H2. The van der Waals surface area contributed by atoms with Crippen LogP contribution in [0.15, 0.2) is 24.3 Å². The quantitative estimate of drug-likeness (QED) is 0.677. The first-order chi connectivity index (χ1) is 6.75. The van der Waals surface area contributed by atoms with Crippen LogP contribution in [-0.4, -0.2) is 11.9 Å². The third-order valence-corrected chi connectivity index (χ3v) is 3.24. The average molecular weight is 188 g/mol. The van der Waals surface area contributed by atoms with Gasteiger partial charge in [0.25, 0.3) is 0 Å². The number of anilines is 2. The summed E-state index contributed by atoms with van der Waals surface area (Å²) in [5.41, 5.74) is 7.34. The van der Waals surface area contributed by atoms with E-state index in [1.54, 1.807) is 0 Å². The van der Waals surface area contributed by atoms with Crippen molar-refractivity contribution in [3.8, 4) is 0 Å². The maximum Gasteiger partial charge on any atom is 0.230 e. The molecule has 4 rings (SSSR count). The van der Waals surface area contributed by atoms with E-state index in [9.17, 15) is 4.79 Å². The molecular weight excluding hydrogens is 176 g/mol. The Labute approximate surface area is 82.5 Å². The summed E-state index contributed by atoms with van der Waals surface area (Å²) in [6.45, 7) is 0. The molecule has 1 aliphatic carbocycles. The Morgan fingerprint density at radius 3 is 2.36 bits per heavy atom. The summed E-state index contributed by atoms with van der Waals surface area (Å²) in [5.74, 6) is 0.595. The minimum Gasteiger partial charge on any atom is -0.399 e. The van der Waals surface area contributed by atoms with Gasteiger partial charge in [0.15, 0.2) is 0 Å². The van der Waals surface area contributed by atoms with Gasteiger partial charge in [-0.25, -0.2) is 0 Å². The molecule has 72 valence electrons. The highest BCUT2D eigenvalue weighted by Crippen LogP contribution is 2.44. The molecule has 3 nitrogen and oxygen atoms in total. The highest BCUT2D eigenvalue weighted by atomic mass is 16.2. The smallest absolute Gasteiger partial charge is 0.230 e. The lowest BCUT2D eigenvalue weighted by Crippen LogP contribution is -2.29. The van der Waals surface area contributed by atoms with E-state index in [-0.39, 0.29) is 0 Å². The van der Waals surface area contributed by atoms with Gasteiger partial charge >= 0.3 is 0 Å². The highest BCUT2D eigenvalue weighted by molar-refractivity contribution is 6.00. The van der Waals surface area contributed by atoms with E-state index in [0.717, 1.165) is 24.2 Å². The normalized spacial score (nSPS) is 29.1. The molecule has 1 aromatic rings. The van der Waals surface area contributed by atoms with Gasteiger partial charge in [0, 0.05) is 23.3 Å². The van der Waals surface area contributed by atoms with Gasteiger partial charge in [0.05, 0.1) is 0 Å². The lowest BCUT2D eigenvalue weighted by Gasteiger charge is -2.24. The van der Waals surface area contributed by atoms with Gasteiger partial charge in [0.1, 0.15) is 0 Å². The molecule has 2 saturated heterocycles. The van der Waals surface area contributed by atoms with E-state index in [0.29, 0.717) is 17.9 Å². The Kier molecular flexibility index (Phi) is 1.40. The molecule has 2 N–H and O–H groups in total. The van der Waals surface area contributed by atoms with Crippen LogP contribution in [0.25, 0.3) is 0 Å². The van der Waals surface area contributed by atoms with Crippen LogP contribution < -0.4 is 10.6 Å². The second-order valence-corrected chi connectivity index (χ2v) is 4.12. The van der Waals surface area contributed by atoms with E-state index in [2.05, 4.69) is 0 Å². The summed E-state index contributed by atoms with van der Waals surface area (Å²) < 4.78 is 0. The van der Waals surface area contributed by atoms with Crippen molar-refractivity contribution in [2.45, 2.75) is 18.9 Å². The third-order valence-electron chi connectivity index (χ3n) is 3.24. The molecule has 1 aromatic carbocycles. The summed E-state index contributed by atoms with van der Waals surface area (Å²) in [6, 6.07) is 7.99. The van der Waals surface area contributed by atoms with E-state index < -0.39 is 0 Å². The van der Waals surface area contributed by atoms with Crippen LogP contribution in [0.1, 0.15) is 12.8 Å². The molecule has 3 fully saturated rings. The molecule has 2 aliphatic heterocycles. The summed E-state index contributed by atoms with van der Waals surface area (Å²) in [7, 11) is 0. The first kappa shape index (κ1) is 7.85. The van der Waals surface area contributed by atoms with Crippen LogP contribution in [0.4, 0.5) is 11.4 Å². The minimum absolute atomic E-state index is 0.291. The van der Waals surface area contributed by atoms with Crippen LogP contribution in [0.3, 0.4) is 0 Å². The van der Waals surface area contributed by atoms with E-state index >= 15 is 0 Å². The largest absolute Gasteiger partial charge is 0.399 e. The SMILES string of the molecule is Nc1ccc(N2C(=O)C3CC2C3)cc1. The fraction of sp³-hybridized carbons (Fsp3) is 0.364. The average Bonchev–Trinajstić information content (AvgIpc) is 2.57. The molecule has 14 heavy (non-hydrogen) atoms. The number of carbonyl (C=O) groups excluding carboxylic acids is 1. The summed E-state index contributed by atoms with van der Waals surface area (Å²) in [6.07, 6.45) is 2.09. The Morgan fingerprint density at radius 1 is 1.21 bits per heavy atom. The van der Waals surface area contributed by atoms with Crippen molar-refractivity contribution in [1.82, 2.24) is 0 Å². The molecule has 0 spiro atoms. The molecule has 0 radical (unpaired) electrons. The number of nitrogen functional groups attached to an aromatic ring is 1. The summed E-state index contributed by atoms with van der Waals surface area (Å²) >= 11 is 0. The maximum absolute atomic E-state index is 11.7. The van der Waals surface area contributed by atoms with E-state index in [1.165, 1.54) is 0 Å². The predicted octanol–water partition coefficient (Wildman–Crippen LogP) is 1.39. The Balaban J connectivity index is 1.96. The fourth-order valence-corrected chi connectivity index (χ4v) is 2.35. The number of nitrogens with zero attached hydrogens (tertiary/aromatic N) is 1. The zero-order chi connectivity index (χ0) is 9.71. The minimum atomic E-state index is 0.291. The molecular formula is C11H12N2O. The van der Waals surface area contributed by atoms with Gasteiger partial charge in [-0.1, -0.05) is 0 Å². The first-order valence-electron chi connectivity index (χ1n) is 4.94. The summed E-state index contributed by atoms with van der Waals surface area (Å²) in [4.78, 5) is 13.6. The molecule has 3 aliphatic rings. The van der Waals surface area contributed by atoms with Crippen LogP contribution in [0.5, 0.6) is 0 Å². The zero-order valence-corrected chi connectivity index (χ0v) is 7.81. The van der Waals surface area contributed by atoms with Crippen LogP contribution >= 0.6 is 0 Å². The van der Waals surface area contributed by atoms with Crippen molar-refractivity contribution < 1.29 is 4.79 Å². The van der Waals surface area contributed by atoms with Gasteiger partial charge in [-0.15, -0.1) is 0 Å². The van der Waals surface area contributed by atoms with Crippen molar-refractivity contribution in [3.63, 3.8) is 0 Å². The third kappa shape index (κ3) is 0.895. The van der Waals surface area contributed by atoms with Gasteiger partial charge in [-0.05, 0) is 37.1 Å². The molecule has 0 unspecified atom stereocenters. The van der Waals surface area contributed by atoms with Gasteiger partial charge in [-0.3, -0.25) is 4.79 Å². The first-order valence-corrected chi connectivity index (χ1v) is 4.94. The van der Waals surface area contributed by atoms with Crippen molar-refractivity contribution in [3.05, 3.63) is 24.3 Å². The van der Waals surface area contributed by atoms with Crippen molar-refractivity contribution in [2.24, 2.45) is 5.92 Å². The second-order valence-electron chi connectivity index (χ2n) is 4.12. The van der Waals surface area contributed by atoms with E-state index in [1.807, 2.05) is 29.2 Å². The van der Waals surface area contributed by atoms with Gasteiger partial charge in [-0.2, -0.15) is 0 Å².